The maximum Gasteiger partial charge on any atom is 0.283 e. The summed E-state index contributed by atoms with van der Waals surface area (Å²) in [4.78, 5) is 11.3. The van der Waals surface area contributed by atoms with Crippen LogP contribution in [-0.2, 0) is 6.54 Å². The van der Waals surface area contributed by atoms with Crippen LogP contribution in [0.5, 0.6) is 0 Å². The molecule has 0 aliphatic heterocycles. The first-order chi connectivity index (χ1) is 6.69. The van der Waals surface area contributed by atoms with Crippen molar-refractivity contribution in [3.8, 4) is 0 Å². The Bertz CT molecular complexity index is 321. The van der Waals surface area contributed by atoms with Gasteiger partial charge < -0.3 is 5.11 Å². The van der Waals surface area contributed by atoms with Crippen molar-refractivity contribution in [2.24, 2.45) is 5.84 Å². The number of nitrogens with two attached hydrogens (primary N) is 1. The molecule has 0 aliphatic rings. The fourth-order valence-corrected chi connectivity index (χ4v) is 1.19. The summed E-state index contributed by atoms with van der Waals surface area (Å²) in [7, 11) is 0. The lowest BCUT2D eigenvalue weighted by atomic mass is 10.3. The number of aliphatic hydroxyl groups is 1. The van der Waals surface area contributed by atoms with Gasteiger partial charge >= 0.3 is 0 Å². The molecule has 0 aromatic carbocycles. The van der Waals surface area contributed by atoms with E-state index in [1.165, 1.54) is 4.68 Å². The minimum Gasteiger partial charge on any atom is -0.396 e. The average molecular weight is 198 g/mol. The maximum absolute atomic E-state index is 11.3. The molecule has 0 bridgehead atoms. The molecule has 0 unspecified atom stereocenters. The first-order valence-electron chi connectivity index (χ1n) is 4.35. The predicted octanol–water partition coefficient (Wildman–Crippen LogP) is -0.823. The smallest absolute Gasteiger partial charge is 0.283 e. The van der Waals surface area contributed by atoms with Crippen LogP contribution < -0.4 is 11.3 Å². The van der Waals surface area contributed by atoms with Gasteiger partial charge in [0.05, 0.1) is 5.69 Å². The minimum atomic E-state index is -0.372. The quantitative estimate of drug-likeness (QED) is 0.334. The lowest BCUT2D eigenvalue weighted by Gasteiger charge is -2.04. The number of aromatic nitrogens is 2. The second-order valence-electron chi connectivity index (χ2n) is 2.94. The molecule has 0 radical (unpaired) electrons. The zero-order valence-corrected chi connectivity index (χ0v) is 8.03. The Morgan fingerprint density at radius 1 is 1.79 bits per heavy atom. The molecule has 1 amide bonds. The second kappa shape index (κ2) is 4.73. The molecule has 0 aliphatic carbocycles. The van der Waals surface area contributed by atoms with Gasteiger partial charge in [-0.2, -0.15) is 5.10 Å². The lowest BCUT2D eigenvalue weighted by Crippen LogP contribution is -2.32. The van der Waals surface area contributed by atoms with Gasteiger partial charge in [0, 0.05) is 13.2 Å². The second-order valence-corrected chi connectivity index (χ2v) is 2.94. The molecule has 6 heteroatoms. The summed E-state index contributed by atoms with van der Waals surface area (Å²) in [5.41, 5.74) is 3.22. The molecule has 6 nitrogen and oxygen atoms in total. The number of aryl methyl sites for hydroxylation is 2. The molecule has 0 spiro atoms. The van der Waals surface area contributed by atoms with Crippen molar-refractivity contribution in [1.82, 2.24) is 15.2 Å². The van der Waals surface area contributed by atoms with Gasteiger partial charge in [0.15, 0.2) is 0 Å². The zero-order chi connectivity index (χ0) is 10.6. The number of hydrogen-bond acceptors (Lipinski definition) is 4. The summed E-state index contributed by atoms with van der Waals surface area (Å²) in [5.74, 6) is 4.65. The van der Waals surface area contributed by atoms with Gasteiger partial charge in [-0.3, -0.25) is 14.9 Å². The van der Waals surface area contributed by atoms with Gasteiger partial charge in [0.25, 0.3) is 5.91 Å². The number of nitrogens with one attached hydrogen (secondary N) is 1. The summed E-state index contributed by atoms with van der Waals surface area (Å²) in [5, 5.41) is 12.8. The fraction of sp³-hybridized carbons (Fsp3) is 0.500. The highest BCUT2D eigenvalue weighted by Gasteiger charge is 2.11. The third-order valence-electron chi connectivity index (χ3n) is 1.79. The fourth-order valence-electron chi connectivity index (χ4n) is 1.19. The summed E-state index contributed by atoms with van der Waals surface area (Å²) in [6.45, 7) is 2.37. The molecule has 78 valence electrons. The highest BCUT2D eigenvalue weighted by Crippen LogP contribution is 2.04. The number of carbonyl (C=O) groups is 1. The van der Waals surface area contributed by atoms with Crippen LogP contribution in [0.25, 0.3) is 0 Å². The third-order valence-corrected chi connectivity index (χ3v) is 1.79. The highest BCUT2D eigenvalue weighted by molar-refractivity contribution is 5.92. The maximum atomic E-state index is 11.3. The van der Waals surface area contributed by atoms with Crippen LogP contribution in [-0.4, -0.2) is 27.4 Å². The van der Waals surface area contributed by atoms with E-state index in [2.05, 4.69) is 5.10 Å². The molecular formula is C8H14N4O2. The Labute approximate surface area is 81.7 Å². The molecule has 1 heterocycles. The van der Waals surface area contributed by atoms with E-state index in [1.807, 2.05) is 5.43 Å². The van der Waals surface area contributed by atoms with E-state index >= 15 is 0 Å². The van der Waals surface area contributed by atoms with Crippen molar-refractivity contribution in [2.75, 3.05) is 6.61 Å². The molecule has 14 heavy (non-hydrogen) atoms. The zero-order valence-electron chi connectivity index (χ0n) is 8.03. The van der Waals surface area contributed by atoms with Crippen LogP contribution in [0.3, 0.4) is 0 Å². The number of hydrogen-bond donors (Lipinski definition) is 3. The Hall–Kier alpha value is -1.40. The van der Waals surface area contributed by atoms with Gasteiger partial charge in [0.2, 0.25) is 0 Å². The monoisotopic (exact) mass is 198 g/mol. The van der Waals surface area contributed by atoms with Gasteiger partial charge in [-0.15, -0.1) is 0 Å². The van der Waals surface area contributed by atoms with E-state index in [0.29, 0.717) is 18.7 Å². The highest BCUT2D eigenvalue weighted by atomic mass is 16.3. The normalized spacial score (nSPS) is 10.2. The largest absolute Gasteiger partial charge is 0.396 e. The standard InChI is InChI=1S/C8H14N4O2/c1-6-5-7(8(14)10-9)12(11-6)3-2-4-13/h5,13H,2-4,9H2,1H3,(H,10,14). The third kappa shape index (κ3) is 2.30. The number of nitrogens with zero attached hydrogens (tertiary/aromatic N) is 2. The van der Waals surface area contributed by atoms with E-state index in [-0.39, 0.29) is 12.5 Å². The Kier molecular flexibility index (Phi) is 3.61. The minimum absolute atomic E-state index is 0.0720. The molecule has 1 aromatic rings. The van der Waals surface area contributed by atoms with Crippen molar-refractivity contribution < 1.29 is 9.90 Å². The van der Waals surface area contributed by atoms with E-state index in [9.17, 15) is 4.79 Å². The van der Waals surface area contributed by atoms with E-state index in [1.54, 1.807) is 13.0 Å². The van der Waals surface area contributed by atoms with Crippen LogP contribution in [0.15, 0.2) is 6.07 Å². The topological polar surface area (TPSA) is 93.2 Å². The van der Waals surface area contributed by atoms with Crippen molar-refractivity contribution in [2.45, 2.75) is 19.9 Å². The summed E-state index contributed by atoms with van der Waals surface area (Å²) >= 11 is 0. The summed E-state index contributed by atoms with van der Waals surface area (Å²) < 4.78 is 1.54. The molecule has 1 rings (SSSR count). The average Bonchev–Trinajstić information content (AvgIpc) is 2.55. The molecule has 0 fully saturated rings. The van der Waals surface area contributed by atoms with Crippen molar-refractivity contribution >= 4 is 5.91 Å². The molecule has 0 saturated heterocycles. The number of aliphatic hydroxyl groups excluding tert-OH is 1. The van der Waals surface area contributed by atoms with Crippen LogP contribution in [0.1, 0.15) is 22.6 Å². The Morgan fingerprint density at radius 2 is 2.50 bits per heavy atom. The first-order valence-corrected chi connectivity index (χ1v) is 4.35. The van der Waals surface area contributed by atoms with Crippen LogP contribution in [0, 0.1) is 6.92 Å². The van der Waals surface area contributed by atoms with Gasteiger partial charge in [0.1, 0.15) is 5.69 Å². The van der Waals surface area contributed by atoms with E-state index < -0.39 is 0 Å². The van der Waals surface area contributed by atoms with Crippen molar-refractivity contribution in [1.29, 1.82) is 0 Å². The number of rotatable bonds is 4. The predicted molar refractivity (Wildman–Crippen MR) is 50.3 cm³/mol. The van der Waals surface area contributed by atoms with Gasteiger partial charge in [-0.1, -0.05) is 0 Å². The summed E-state index contributed by atoms with van der Waals surface area (Å²) in [6, 6.07) is 1.65. The molecule has 0 atom stereocenters. The lowest BCUT2D eigenvalue weighted by molar-refractivity contribution is 0.0942. The summed E-state index contributed by atoms with van der Waals surface area (Å²) in [6.07, 6.45) is 0.561. The van der Waals surface area contributed by atoms with Crippen LogP contribution >= 0.6 is 0 Å². The van der Waals surface area contributed by atoms with E-state index in [4.69, 9.17) is 10.9 Å². The molecule has 4 N–H and O–H groups in total. The van der Waals surface area contributed by atoms with Crippen molar-refractivity contribution in [3.63, 3.8) is 0 Å². The number of nitrogen functional groups attached to an aromatic ring is 1. The SMILES string of the molecule is Cc1cc(C(=O)NN)n(CCCO)n1. The van der Waals surface area contributed by atoms with Crippen LogP contribution in [0.2, 0.25) is 0 Å². The van der Waals surface area contributed by atoms with Crippen molar-refractivity contribution in [3.05, 3.63) is 17.5 Å². The Balaban J connectivity index is 2.85. The molecule has 1 aromatic heterocycles. The van der Waals surface area contributed by atoms with Gasteiger partial charge in [-0.25, -0.2) is 5.84 Å². The number of hydrazine groups is 1. The van der Waals surface area contributed by atoms with Crippen LogP contribution in [0.4, 0.5) is 0 Å². The Morgan fingerprint density at radius 3 is 3.07 bits per heavy atom. The number of amides is 1. The number of carbonyl (C=O) groups excluding carboxylic acids is 1. The molecular weight excluding hydrogens is 184 g/mol. The van der Waals surface area contributed by atoms with Gasteiger partial charge in [-0.05, 0) is 19.4 Å². The molecule has 0 saturated carbocycles. The van der Waals surface area contributed by atoms with E-state index in [0.717, 1.165) is 5.69 Å². The first kappa shape index (κ1) is 10.7.